The van der Waals surface area contributed by atoms with Crippen LogP contribution in [0.1, 0.15) is 40.0 Å². The number of urea groups is 1. The Hall–Kier alpha value is -1.30. The van der Waals surface area contributed by atoms with Gasteiger partial charge in [-0.2, -0.15) is 0 Å². The molecule has 3 N–H and O–H groups in total. The highest BCUT2D eigenvalue weighted by Crippen LogP contribution is 2.34. The predicted molar refractivity (Wildman–Crippen MR) is 68.8 cm³/mol. The fourth-order valence-electron chi connectivity index (χ4n) is 2.78. The van der Waals surface area contributed by atoms with Gasteiger partial charge in [-0.3, -0.25) is 0 Å². The van der Waals surface area contributed by atoms with Crippen molar-refractivity contribution in [1.82, 2.24) is 10.6 Å². The summed E-state index contributed by atoms with van der Waals surface area (Å²) < 4.78 is 5.65. The van der Waals surface area contributed by atoms with Crippen molar-refractivity contribution in [1.29, 1.82) is 0 Å². The van der Waals surface area contributed by atoms with Crippen molar-refractivity contribution in [2.24, 2.45) is 5.41 Å². The van der Waals surface area contributed by atoms with Gasteiger partial charge in [0.25, 0.3) is 0 Å². The van der Waals surface area contributed by atoms with E-state index in [-0.39, 0.29) is 18.2 Å². The van der Waals surface area contributed by atoms with Crippen LogP contribution in [-0.4, -0.2) is 41.4 Å². The van der Waals surface area contributed by atoms with E-state index in [2.05, 4.69) is 10.6 Å². The largest absolute Gasteiger partial charge is 0.480 e. The average molecular weight is 270 g/mol. The van der Waals surface area contributed by atoms with E-state index >= 15 is 0 Å². The predicted octanol–water partition coefficient (Wildman–Crippen LogP) is 1.10. The van der Waals surface area contributed by atoms with E-state index in [1.807, 2.05) is 0 Å². The molecule has 0 radical (unpaired) electrons. The number of hydrogen-bond donors (Lipinski definition) is 3. The van der Waals surface area contributed by atoms with Crippen LogP contribution in [0.15, 0.2) is 0 Å². The number of nitrogens with one attached hydrogen (secondary N) is 2. The second-order valence-corrected chi connectivity index (χ2v) is 6.47. The second kappa shape index (κ2) is 5.00. The third-order valence-electron chi connectivity index (χ3n) is 3.81. The number of carbonyl (C=O) groups excluding carboxylic acids is 1. The Kier molecular flexibility index (Phi) is 3.71. The molecule has 2 amide bonds. The van der Waals surface area contributed by atoms with Crippen molar-refractivity contribution in [3.8, 4) is 0 Å². The number of rotatable bonds is 3. The monoisotopic (exact) mass is 270 g/mol. The summed E-state index contributed by atoms with van der Waals surface area (Å²) in [5, 5.41) is 14.5. The molecular formula is C13H22N2O4. The minimum absolute atomic E-state index is 0.00756. The molecule has 0 aromatic heterocycles. The van der Waals surface area contributed by atoms with Crippen LogP contribution in [0.4, 0.5) is 4.79 Å². The molecule has 4 atom stereocenters. The average Bonchev–Trinajstić information content (AvgIpc) is 2.85. The first-order valence-corrected chi connectivity index (χ1v) is 6.72. The SMILES string of the molecule is CC(C)(C)C(NC(=O)NC1CC2CCC1O2)C(=O)O. The molecule has 2 saturated heterocycles. The smallest absolute Gasteiger partial charge is 0.326 e. The molecule has 2 aliphatic heterocycles. The highest BCUT2D eigenvalue weighted by atomic mass is 16.5. The zero-order chi connectivity index (χ0) is 14.2. The third-order valence-corrected chi connectivity index (χ3v) is 3.81. The summed E-state index contributed by atoms with van der Waals surface area (Å²) in [6.45, 7) is 5.35. The Bertz CT molecular complexity index is 377. The Labute approximate surface area is 112 Å². The number of carbonyl (C=O) groups is 2. The summed E-state index contributed by atoms with van der Waals surface area (Å²) in [7, 11) is 0. The molecule has 0 saturated carbocycles. The highest BCUT2D eigenvalue weighted by molar-refractivity contribution is 5.83. The molecule has 108 valence electrons. The van der Waals surface area contributed by atoms with Crippen molar-refractivity contribution < 1.29 is 19.4 Å². The van der Waals surface area contributed by atoms with Gasteiger partial charge in [-0.05, 0) is 24.7 Å². The van der Waals surface area contributed by atoms with E-state index in [9.17, 15) is 9.59 Å². The van der Waals surface area contributed by atoms with Gasteiger partial charge in [0, 0.05) is 0 Å². The van der Waals surface area contributed by atoms with Gasteiger partial charge in [0.15, 0.2) is 0 Å². The molecule has 2 aliphatic rings. The molecule has 2 fully saturated rings. The van der Waals surface area contributed by atoms with Gasteiger partial charge in [-0.15, -0.1) is 0 Å². The molecule has 0 aromatic rings. The maximum Gasteiger partial charge on any atom is 0.326 e. The minimum Gasteiger partial charge on any atom is -0.480 e. The van der Waals surface area contributed by atoms with Crippen LogP contribution in [-0.2, 0) is 9.53 Å². The van der Waals surface area contributed by atoms with Gasteiger partial charge < -0.3 is 20.5 Å². The Balaban J connectivity index is 1.88. The second-order valence-electron chi connectivity index (χ2n) is 6.47. The lowest BCUT2D eigenvalue weighted by molar-refractivity contribution is -0.141. The number of carboxylic acids is 1. The van der Waals surface area contributed by atoms with Gasteiger partial charge in [-0.1, -0.05) is 20.8 Å². The number of carboxylic acid groups (broad SMARTS) is 1. The van der Waals surface area contributed by atoms with Crippen molar-refractivity contribution in [3.05, 3.63) is 0 Å². The molecule has 4 unspecified atom stereocenters. The van der Waals surface area contributed by atoms with Crippen molar-refractivity contribution in [2.45, 2.75) is 64.3 Å². The number of fused-ring (bicyclic) bond motifs is 2. The minimum atomic E-state index is -1.02. The van der Waals surface area contributed by atoms with Gasteiger partial charge in [0.1, 0.15) is 6.04 Å². The Morgan fingerprint density at radius 1 is 1.32 bits per heavy atom. The number of aliphatic carboxylic acids is 1. The van der Waals surface area contributed by atoms with Crippen molar-refractivity contribution in [2.75, 3.05) is 0 Å². The van der Waals surface area contributed by atoms with Gasteiger partial charge in [0.05, 0.1) is 18.2 Å². The Morgan fingerprint density at radius 2 is 2.00 bits per heavy atom. The van der Waals surface area contributed by atoms with Crippen LogP contribution in [0, 0.1) is 5.41 Å². The molecular weight excluding hydrogens is 248 g/mol. The fourth-order valence-corrected chi connectivity index (χ4v) is 2.78. The first kappa shape index (κ1) is 14.1. The Morgan fingerprint density at radius 3 is 2.42 bits per heavy atom. The molecule has 2 rings (SSSR count). The van der Waals surface area contributed by atoms with Crippen LogP contribution in [0.5, 0.6) is 0 Å². The van der Waals surface area contributed by atoms with E-state index in [0.29, 0.717) is 0 Å². The topological polar surface area (TPSA) is 87.7 Å². The van der Waals surface area contributed by atoms with E-state index in [1.54, 1.807) is 20.8 Å². The molecule has 19 heavy (non-hydrogen) atoms. The van der Waals surface area contributed by atoms with Crippen LogP contribution >= 0.6 is 0 Å². The lowest BCUT2D eigenvalue weighted by Crippen LogP contribution is -2.55. The molecule has 2 bridgehead atoms. The van der Waals surface area contributed by atoms with Gasteiger partial charge in [0.2, 0.25) is 0 Å². The summed E-state index contributed by atoms with van der Waals surface area (Å²) in [5.74, 6) is -1.02. The summed E-state index contributed by atoms with van der Waals surface area (Å²) in [5.41, 5.74) is -0.533. The quantitative estimate of drug-likeness (QED) is 0.716. The molecule has 0 aliphatic carbocycles. The van der Waals surface area contributed by atoms with E-state index in [1.165, 1.54) is 0 Å². The van der Waals surface area contributed by atoms with Gasteiger partial charge >= 0.3 is 12.0 Å². The summed E-state index contributed by atoms with van der Waals surface area (Å²) in [6, 6.07) is -1.33. The molecule has 6 nitrogen and oxygen atoms in total. The summed E-state index contributed by atoms with van der Waals surface area (Å²) in [6.07, 6.45) is 3.20. The molecule has 0 aromatic carbocycles. The van der Waals surface area contributed by atoms with E-state index in [4.69, 9.17) is 9.84 Å². The number of amides is 2. The summed E-state index contributed by atoms with van der Waals surface area (Å²) in [4.78, 5) is 23.1. The van der Waals surface area contributed by atoms with E-state index < -0.39 is 23.5 Å². The maximum atomic E-state index is 11.9. The zero-order valence-electron chi connectivity index (χ0n) is 11.6. The van der Waals surface area contributed by atoms with Crippen LogP contribution in [0.3, 0.4) is 0 Å². The first-order valence-electron chi connectivity index (χ1n) is 6.72. The first-order chi connectivity index (χ1) is 8.77. The van der Waals surface area contributed by atoms with Crippen molar-refractivity contribution in [3.63, 3.8) is 0 Å². The number of ether oxygens (including phenoxy) is 1. The highest BCUT2D eigenvalue weighted by Gasteiger charge is 2.42. The lowest BCUT2D eigenvalue weighted by Gasteiger charge is -2.29. The lowest BCUT2D eigenvalue weighted by atomic mass is 9.87. The number of hydrogen-bond acceptors (Lipinski definition) is 3. The van der Waals surface area contributed by atoms with E-state index in [0.717, 1.165) is 19.3 Å². The molecule has 6 heteroatoms. The van der Waals surface area contributed by atoms with Crippen LogP contribution in [0.25, 0.3) is 0 Å². The molecule has 2 heterocycles. The van der Waals surface area contributed by atoms with Crippen LogP contribution < -0.4 is 10.6 Å². The standard InChI is InChI=1S/C13H22N2O4/c1-13(2,3)10(11(16)17)15-12(18)14-8-6-7-4-5-9(8)19-7/h7-10H,4-6H2,1-3H3,(H,16,17)(H2,14,15,18). The van der Waals surface area contributed by atoms with Gasteiger partial charge in [-0.25, -0.2) is 9.59 Å². The van der Waals surface area contributed by atoms with Crippen molar-refractivity contribution >= 4 is 12.0 Å². The normalized spacial score (nSPS) is 31.0. The third kappa shape index (κ3) is 3.18. The fraction of sp³-hybridized carbons (Fsp3) is 0.846. The zero-order valence-corrected chi connectivity index (χ0v) is 11.6. The van der Waals surface area contributed by atoms with Crippen LogP contribution in [0.2, 0.25) is 0 Å². The molecule has 0 spiro atoms. The maximum absolute atomic E-state index is 11.9. The summed E-state index contributed by atoms with van der Waals surface area (Å²) >= 11 is 0.